The van der Waals surface area contributed by atoms with Gasteiger partial charge in [-0.25, -0.2) is 0 Å². The first-order chi connectivity index (χ1) is 16.5. The normalized spacial score (nSPS) is 12.3. The second-order valence-electron chi connectivity index (χ2n) is 7.54. The first-order valence-corrected chi connectivity index (χ1v) is 11.5. The molecule has 2 N–H and O–H groups in total. The Morgan fingerprint density at radius 1 is 1.03 bits per heavy atom. The summed E-state index contributed by atoms with van der Waals surface area (Å²) in [5.74, 6) is 1.45. The van der Waals surface area contributed by atoms with Crippen LogP contribution in [0.15, 0.2) is 42.5 Å². The highest BCUT2D eigenvalue weighted by Gasteiger charge is 2.30. The number of aromatic hydroxyl groups is 1. The van der Waals surface area contributed by atoms with Gasteiger partial charge in [0.15, 0.2) is 11.5 Å². The van der Waals surface area contributed by atoms with E-state index in [1.807, 2.05) is 24.3 Å². The third kappa shape index (κ3) is 3.95. The van der Waals surface area contributed by atoms with Gasteiger partial charge in [0.05, 0.1) is 37.9 Å². The monoisotopic (exact) mass is 502 g/mol. The molecule has 34 heavy (non-hydrogen) atoms. The van der Waals surface area contributed by atoms with Crippen LogP contribution in [0, 0.1) is 0 Å². The van der Waals surface area contributed by atoms with Gasteiger partial charge in [-0.1, -0.05) is 24.3 Å². The van der Waals surface area contributed by atoms with Gasteiger partial charge >= 0.3 is 0 Å². The number of nitrogens with zero attached hydrogens (tertiary/aromatic N) is 1. The summed E-state index contributed by atoms with van der Waals surface area (Å²) in [4.78, 5) is 18.3. The number of hydrogen-bond donors (Lipinski definition) is 2. The number of carbonyl (C=O) groups is 1. The molecule has 3 aromatic carbocycles. The third-order valence-corrected chi connectivity index (χ3v) is 5.88. The van der Waals surface area contributed by atoms with E-state index < -0.39 is 0 Å². The van der Waals surface area contributed by atoms with E-state index in [1.165, 1.54) is 0 Å². The maximum absolute atomic E-state index is 13.4. The Hall–Kier alpha value is -3.29. The van der Waals surface area contributed by atoms with E-state index in [0.717, 1.165) is 33.8 Å². The predicted octanol–water partition coefficient (Wildman–Crippen LogP) is 5.68. The van der Waals surface area contributed by atoms with Gasteiger partial charge in [-0.05, 0) is 29.5 Å². The van der Waals surface area contributed by atoms with E-state index >= 15 is 0 Å². The number of fused-ring (bicyclic) bond motifs is 4. The van der Waals surface area contributed by atoms with Gasteiger partial charge in [-0.3, -0.25) is 4.79 Å². The molecule has 0 bridgehead atoms. The molecule has 0 saturated heterocycles. The average molecular weight is 503 g/mol. The number of halogens is 2. The topological polar surface area (TPSA) is 84.0 Å². The van der Waals surface area contributed by atoms with Crippen LogP contribution in [0.1, 0.15) is 16.1 Å². The van der Waals surface area contributed by atoms with Crippen molar-refractivity contribution in [2.24, 2.45) is 0 Å². The van der Waals surface area contributed by atoms with Crippen LogP contribution in [-0.4, -0.2) is 49.2 Å². The van der Waals surface area contributed by atoms with Crippen molar-refractivity contribution in [3.05, 3.63) is 53.7 Å². The van der Waals surface area contributed by atoms with E-state index in [1.54, 1.807) is 44.4 Å². The fourth-order valence-corrected chi connectivity index (χ4v) is 4.47. The summed E-state index contributed by atoms with van der Waals surface area (Å²) in [6.07, 6.45) is 0.729. The van der Waals surface area contributed by atoms with E-state index in [2.05, 4.69) is 4.98 Å². The lowest BCUT2D eigenvalue weighted by Gasteiger charge is -2.17. The van der Waals surface area contributed by atoms with Crippen LogP contribution in [-0.2, 0) is 6.42 Å². The van der Waals surface area contributed by atoms with Crippen molar-refractivity contribution in [2.45, 2.75) is 6.42 Å². The summed E-state index contributed by atoms with van der Waals surface area (Å²) in [7, 11) is 4.64. The van der Waals surface area contributed by atoms with Crippen molar-refractivity contribution in [3.63, 3.8) is 0 Å². The van der Waals surface area contributed by atoms with Crippen molar-refractivity contribution in [2.75, 3.05) is 38.1 Å². The number of ether oxygens (including phenoxy) is 3. The highest BCUT2D eigenvalue weighted by molar-refractivity contribution is 6.40. The molecule has 9 heteroatoms. The molecule has 7 nitrogen and oxygen atoms in total. The third-order valence-electron chi connectivity index (χ3n) is 5.88. The lowest BCUT2D eigenvalue weighted by atomic mass is 10.0. The van der Waals surface area contributed by atoms with Gasteiger partial charge in [-0.15, -0.1) is 23.2 Å². The highest BCUT2D eigenvalue weighted by Crippen LogP contribution is 2.44. The van der Waals surface area contributed by atoms with Crippen LogP contribution in [0.4, 0.5) is 5.69 Å². The number of rotatable bonds is 4. The minimum atomic E-state index is -0.176. The van der Waals surface area contributed by atoms with Gasteiger partial charge in [0.2, 0.25) is 5.75 Å². The molecule has 1 aliphatic rings. The zero-order valence-electron chi connectivity index (χ0n) is 18.9. The first kappa shape index (κ1) is 23.9. The Bertz CT molecular complexity index is 1370. The van der Waals surface area contributed by atoms with Crippen molar-refractivity contribution < 1.29 is 24.1 Å². The Morgan fingerprint density at radius 2 is 1.71 bits per heavy atom. The highest BCUT2D eigenvalue weighted by atomic mass is 35.5. The lowest BCUT2D eigenvalue weighted by Crippen LogP contribution is -2.29. The van der Waals surface area contributed by atoms with Crippen molar-refractivity contribution in [3.8, 4) is 23.0 Å². The quantitative estimate of drug-likeness (QED) is 0.351. The summed E-state index contributed by atoms with van der Waals surface area (Å²) >= 11 is 9.53. The van der Waals surface area contributed by atoms with Crippen LogP contribution >= 0.6 is 23.2 Å². The van der Waals surface area contributed by atoms with Crippen LogP contribution in [0.3, 0.4) is 0 Å². The number of aromatic nitrogens is 1. The molecule has 4 aromatic rings. The molecule has 0 unspecified atom stereocenters. The second-order valence-corrected chi connectivity index (χ2v) is 8.35. The number of phenols is 1. The maximum Gasteiger partial charge on any atom is 0.274 e. The molecular formula is C25H24Cl2N2O5. The molecule has 0 saturated carbocycles. The minimum Gasteiger partial charge on any atom is -0.507 e. The van der Waals surface area contributed by atoms with Crippen molar-refractivity contribution in [1.82, 2.24) is 4.98 Å². The Morgan fingerprint density at radius 3 is 2.35 bits per heavy atom. The number of anilines is 1. The van der Waals surface area contributed by atoms with Gasteiger partial charge in [0, 0.05) is 23.4 Å². The average Bonchev–Trinajstić information content (AvgIpc) is 3.47. The first-order valence-electron chi connectivity index (χ1n) is 10.5. The Kier molecular flexibility index (Phi) is 6.95. The lowest BCUT2D eigenvalue weighted by molar-refractivity contribution is 0.0985. The van der Waals surface area contributed by atoms with Crippen LogP contribution in [0.2, 0.25) is 0 Å². The summed E-state index contributed by atoms with van der Waals surface area (Å²) in [6, 6.07) is 13.0. The molecule has 5 rings (SSSR count). The maximum atomic E-state index is 13.4. The number of nitrogens with one attached hydrogen (secondary N) is 1. The van der Waals surface area contributed by atoms with Crippen molar-refractivity contribution in [1.29, 1.82) is 0 Å². The van der Waals surface area contributed by atoms with E-state index in [4.69, 9.17) is 37.4 Å². The number of methoxy groups -OCH3 is 3. The Balaban J connectivity index is 0.000000868. The summed E-state index contributed by atoms with van der Waals surface area (Å²) in [6.45, 7) is 0.542. The van der Waals surface area contributed by atoms with Gasteiger partial charge in [0.25, 0.3) is 5.91 Å². The number of amides is 1. The second kappa shape index (κ2) is 9.91. The summed E-state index contributed by atoms with van der Waals surface area (Å²) in [5, 5.41) is 13.3. The predicted molar refractivity (Wildman–Crippen MR) is 136 cm³/mol. The van der Waals surface area contributed by atoms with Crippen LogP contribution in [0.25, 0.3) is 21.7 Å². The molecule has 1 aromatic heterocycles. The number of alkyl halides is 2. The number of benzene rings is 3. The molecule has 2 heterocycles. The molecule has 178 valence electrons. The van der Waals surface area contributed by atoms with Crippen LogP contribution in [0.5, 0.6) is 23.0 Å². The van der Waals surface area contributed by atoms with Gasteiger partial charge in [-0.2, -0.15) is 0 Å². The SMILES string of the molecule is COc1cc2cc(C(=O)N3CCc4c3cc(O)c3ccccc43)[nH]c2c(OC)c1OC.ClCCl. The zero-order valence-corrected chi connectivity index (χ0v) is 20.5. The summed E-state index contributed by atoms with van der Waals surface area (Å²) in [5.41, 5.74) is 2.88. The fraction of sp³-hybridized carbons (Fsp3) is 0.240. The molecule has 0 radical (unpaired) electrons. The molecule has 0 spiro atoms. The summed E-state index contributed by atoms with van der Waals surface area (Å²) < 4.78 is 16.4. The standard InChI is InChI=1S/C24H22N2O5.CH2Cl2/c1-29-20-11-13-10-17(25-21(13)23(31-3)22(20)30-2)24(28)26-9-8-15-14-6-4-5-7-16(14)19(27)12-18(15)26;2-1-3/h4-7,10-12,25,27H,8-9H2,1-3H3;1H2. The molecule has 0 atom stereocenters. The molecule has 0 fully saturated rings. The smallest absolute Gasteiger partial charge is 0.274 e. The minimum absolute atomic E-state index is 0.168. The fourth-order valence-electron chi connectivity index (χ4n) is 4.47. The van der Waals surface area contributed by atoms with Crippen molar-refractivity contribution >= 4 is 56.5 Å². The van der Waals surface area contributed by atoms with Gasteiger partial charge < -0.3 is 29.2 Å². The van der Waals surface area contributed by atoms with Crippen LogP contribution < -0.4 is 19.1 Å². The molecule has 0 aliphatic carbocycles. The molecule has 1 amide bonds. The number of phenolic OH excluding ortho intramolecular Hbond substituents is 1. The molecular weight excluding hydrogens is 479 g/mol. The number of hydrogen-bond acceptors (Lipinski definition) is 5. The zero-order chi connectivity index (χ0) is 24.4. The number of H-pyrrole nitrogens is 1. The number of carbonyl (C=O) groups excluding carboxylic acids is 1. The molecule has 1 aliphatic heterocycles. The number of aromatic amines is 1. The van der Waals surface area contributed by atoms with E-state index in [-0.39, 0.29) is 17.0 Å². The Labute approximate surface area is 206 Å². The van der Waals surface area contributed by atoms with Gasteiger partial charge in [0.1, 0.15) is 11.4 Å². The van der Waals surface area contributed by atoms with E-state index in [0.29, 0.717) is 35.0 Å². The van der Waals surface area contributed by atoms with E-state index in [9.17, 15) is 9.90 Å². The largest absolute Gasteiger partial charge is 0.507 e.